The Bertz CT molecular complexity index is 462. The van der Waals surface area contributed by atoms with E-state index in [0.29, 0.717) is 12.0 Å². The molecule has 0 saturated heterocycles. The Balaban J connectivity index is 2.67. The van der Waals surface area contributed by atoms with E-state index < -0.39 is 29.8 Å². The second-order valence-electron chi connectivity index (χ2n) is 4.63. The number of rotatable bonds is 7. The van der Waals surface area contributed by atoms with Gasteiger partial charge in [0.2, 0.25) is 5.91 Å². The van der Waals surface area contributed by atoms with Gasteiger partial charge in [0.05, 0.1) is 6.04 Å². The van der Waals surface area contributed by atoms with E-state index in [1.165, 1.54) is 24.3 Å². The summed E-state index contributed by atoms with van der Waals surface area (Å²) in [7, 11) is 0. The number of halogens is 1. The Labute approximate surface area is 117 Å². The molecule has 0 saturated carbocycles. The smallest absolute Gasteiger partial charge is 0.326 e. The summed E-state index contributed by atoms with van der Waals surface area (Å²) in [6.07, 6.45) is 1.32. The number of hydrogen-bond donors (Lipinski definition) is 3. The van der Waals surface area contributed by atoms with Crippen LogP contribution in [0.5, 0.6) is 0 Å². The third kappa shape index (κ3) is 4.97. The number of carboxylic acid groups (broad SMARTS) is 1. The topological polar surface area (TPSA) is 92.4 Å². The number of carbonyl (C=O) groups is 2. The molecule has 20 heavy (non-hydrogen) atoms. The molecule has 2 atom stereocenters. The number of amides is 1. The molecule has 1 amide bonds. The Morgan fingerprint density at radius 2 is 1.95 bits per heavy atom. The van der Waals surface area contributed by atoms with Gasteiger partial charge in [-0.15, -0.1) is 0 Å². The van der Waals surface area contributed by atoms with Gasteiger partial charge in [-0.25, -0.2) is 9.18 Å². The minimum Gasteiger partial charge on any atom is -0.480 e. The fraction of sp³-hybridized carbons (Fsp3) is 0.429. The number of nitrogens with two attached hydrogens (primary N) is 1. The van der Waals surface area contributed by atoms with E-state index in [1.807, 2.05) is 6.92 Å². The number of nitrogens with one attached hydrogen (secondary N) is 1. The Morgan fingerprint density at radius 3 is 2.45 bits per heavy atom. The molecule has 1 unspecified atom stereocenters. The van der Waals surface area contributed by atoms with E-state index in [0.717, 1.165) is 6.42 Å². The van der Waals surface area contributed by atoms with E-state index in [9.17, 15) is 14.0 Å². The average Bonchev–Trinajstić information content (AvgIpc) is 2.40. The summed E-state index contributed by atoms with van der Waals surface area (Å²) >= 11 is 0. The maximum Gasteiger partial charge on any atom is 0.326 e. The molecular weight excluding hydrogens is 263 g/mol. The van der Waals surface area contributed by atoms with Crippen LogP contribution in [-0.4, -0.2) is 29.1 Å². The van der Waals surface area contributed by atoms with Crippen molar-refractivity contribution in [1.82, 2.24) is 5.32 Å². The summed E-state index contributed by atoms with van der Waals surface area (Å²) in [5.41, 5.74) is 6.26. The van der Waals surface area contributed by atoms with Crippen molar-refractivity contribution in [3.63, 3.8) is 0 Å². The molecule has 0 fully saturated rings. The second kappa shape index (κ2) is 7.59. The first-order chi connectivity index (χ1) is 9.43. The summed E-state index contributed by atoms with van der Waals surface area (Å²) in [5.74, 6) is -2.03. The van der Waals surface area contributed by atoms with Crippen molar-refractivity contribution in [3.05, 3.63) is 35.6 Å². The second-order valence-corrected chi connectivity index (χ2v) is 4.63. The molecule has 0 bridgehead atoms. The zero-order valence-electron chi connectivity index (χ0n) is 11.3. The highest BCUT2D eigenvalue weighted by Crippen LogP contribution is 2.06. The Hall–Kier alpha value is -1.95. The molecule has 6 heteroatoms. The van der Waals surface area contributed by atoms with Crippen LogP contribution in [0.4, 0.5) is 4.39 Å². The Morgan fingerprint density at radius 1 is 1.35 bits per heavy atom. The van der Waals surface area contributed by atoms with Crippen LogP contribution in [0.3, 0.4) is 0 Å². The third-order valence-corrected chi connectivity index (χ3v) is 2.90. The summed E-state index contributed by atoms with van der Waals surface area (Å²) in [5, 5.41) is 11.5. The monoisotopic (exact) mass is 282 g/mol. The first-order valence-electron chi connectivity index (χ1n) is 6.47. The predicted molar refractivity (Wildman–Crippen MR) is 72.6 cm³/mol. The largest absolute Gasteiger partial charge is 0.480 e. The van der Waals surface area contributed by atoms with Gasteiger partial charge in [0, 0.05) is 6.42 Å². The SMILES string of the molecule is CCC[C@H](N)C(=O)NC(Cc1ccc(F)cc1)C(=O)O. The molecule has 1 aromatic rings. The van der Waals surface area contributed by atoms with Crippen LogP contribution >= 0.6 is 0 Å². The molecule has 1 aromatic carbocycles. The minimum atomic E-state index is -1.15. The van der Waals surface area contributed by atoms with Gasteiger partial charge in [0.15, 0.2) is 0 Å². The van der Waals surface area contributed by atoms with E-state index in [2.05, 4.69) is 5.32 Å². The van der Waals surface area contributed by atoms with Crippen LogP contribution in [0.2, 0.25) is 0 Å². The first-order valence-corrected chi connectivity index (χ1v) is 6.47. The van der Waals surface area contributed by atoms with Crippen LogP contribution in [0.1, 0.15) is 25.3 Å². The molecule has 0 spiro atoms. The number of carbonyl (C=O) groups excluding carboxylic acids is 1. The number of carboxylic acids is 1. The maximum atomic E-state index is 12.8. The Kier molecular flexibility index (Phi) is 6.11. The molecule has 0 radical (unpaired) electrons. The zero-order chi connectivity index (χ0) is 15.1. The highest BCUT2D eigenvalue weighted by Gasteiger charge is 2.23. The van der Waals surface area contributed by atoms with E-state index >= 15 is 0 Å². The zero-order valence-corrected chi connectivity index (χ0v) is 11.3. The van der Waals surface area contributed by atoms with Gasteiger partial charge in [0.1, 0.15) is 11.9 Å². The fourth-order valence-electron chi connectivity index (χ4n) is 1.78. The van der Waals surface area contributed by atoms with Crippen molar-refractivity contribution in [2.24, 2.45) is 5.73 Å². The molecule has 4 N–H and O–H groups in total. The van der Waals surface area contributed by atoms with E-state index in [-0.39, 0.29) is 6.42 Å². The summed E-state index contributed by atoms with van der Waals surface area (Å²) in [4.78, 5) is 22.9. The molecule has 0 aromatic heterocycles. The molecule has 1 rings (SSSR count). The molecule has 0 aliphatic heterocycles. The van der Waals surface area contributed by atoms with Gasteiger partial charge in [-0.05, 0) is 24.1 Å². The quantitative estimate of drug-likeness (QED) is 0.697. The first kappa shape index (κ1) is 16.1. The molecule has 110 valence electrons. The van der Waals surface area contributed by atoms with Crippen molar-refractivity contribution < 1.29 is 19.1 Å². The van der Waals surface area contributed by atoms with Crippen molar-refractivity contribution in [1.29, 1.82) is 0 Å². The average molecular weight is 282 g/mol. The fourth-order valence-corrected chi connectivity index (χ4v) is 1.78. The van der Waals surface area contributed by atoms with Gasteiger partial charge in [-0.1, -0.05) is 25.5 Å². The summed E-state index contributed by atoms with van der Waals surface area (Å²) in [6.45, 7) is 1.89. The number of hydrogen-bond acceptors (Lipinski definition) is 3. The number of aliphatic carboxylic acids is 1. The van der Waals surface area contributed by atoms with Gasteiger partial charge >= 0.3 is 5.97 Å². The summed E-state index contributed by atoms with van der Waals surface area (Å²) < 4.78 is 12.8. The molecule has 0 heterocycles. The summed E-state index contributed by atoms with van der Waals surface area (Å²) in [6, 6.07) is 3.69. The standard InChI is InChI=1S/C14H19FN2O3/c1-2-3-11(16)13(18)17-12(14(19)20)8-9-4-6-10(15)7-5-9/h4-7,11-12H,2-3,8,16H2,1H3,(H,17,18)(H,19,20)/t11-,12?/m0/s1. The molecule has 0 aliphatic carbocycles. The lowest BCUT2D eigenvalue weighted by Crippen LogP contribution is -2.49. The lowest BCUT2D eigenvalue weighted by Gasteiger charge is -2.17. The van der Waals surface area contributed by atoms with Gasteiger partial charge in [-0.3, -0.25) is 4.79 Å². The van der Waals surface area contributed by atoms with Gasteiger partial charge in [0.25, 0.3) is 0 Å². The van der Waals surface area contributed by atoms with Crippen LogP contribution in [0.25, 0.3) is 0 Å². The van der Waals surface area contributed by atoms with Crippen molar-refractivity contribution in [3.8, 4) is 0 Å². The predicted octanol–water partition coefficient (Wildman–Crippen LogP) is 1.06. The van der Waals surface area contributed by atoms with E-state index in [4.69, 9.17) is 10.8 Å². The van der Waals surface area contributed by atoms with Crippen LogP contribution < -0.4 is 11.1 Å². The van der Waals surface area contributed by atoms with Crippen LogP contribution in [0, 0.1) is 5.82 Å². The van der Waals surface area contributed by atoms with Gasteiger partial charge < -0.3 is 16.2 Å². The molecule has 0 aliphatic rings. The highest BCUT2D eigenvalue weighted by atomic mass is 19.1. The highest BCUT2D eigenvalue weighted by molar-refractivity contribution is 5.86. The number of benzene rings is 1. The molecular formula is C14H19FN2O3. The van der Waals surface area contributed by atoms with Crippen molar-refractivity contribution in [2.45, 2.75) is 38.3 Å². The normalized spacial score (nSPS) is 13.6. The lowest BCUT2D eigenvalue weighted by atomic mass is 10.0. The van der Waals surface area contributed by atoms with Crippen molar-refractivity contribution >= 4 is 11.9 Å². The third-order valence-electron chi connectivity index (χ3n) is 2.90. The molecule has 5 nitrogen and oxygen atoms in total. The van der Waals surface area contributed by atoms with E-state index in [1.54, 1.807) is 0 Å². The van der Waals surface area contributed by atoms with Crippen LogP contribution in [-0.2, 0) is 16.0 Å². The minimum absolute atomic E-state index is 0.0835. The van der Waals surface area contributed by atoms with Gasteiger partial charge in [-0.2, -0.15) is 0 Å². The maximum absolute atomic E-state index is 12.8. The van der Waals surface area contributed by atoms with Crippen LogP contribution in [0.15, 0.2) is 24.3 Å². The lowest BCUT2D eigenvalue weighted by molar-refractivity contribution is -0.142. The van der Waals surface area contributed by atoms with Crippen molar-refractivity contribution in [2.75, 3.05) is 0 Å².